The minimum atomic E-state index is -0.165. The molecule has 0 radical (unpaired) electrons. The Morgan fingerprint density at radius 2 is 2.05 bits per heavy atom. The van der Waals surface area contributed by atoms with E-state index in [0.717, 1.165) is 36.3 Å². The highest BCUT2D eigenvalue weighted by molar-refractivity contribution is 6.32. The van der Waals surface area contributed by atoms with Gasteiger partial charge in [0.15, 0.2) is 5.15 Å². The zero-order valence-corrected chi connectivity index (χ0v) is 13.2. The van der Waals surface area contributed by atoms with Crippen molar-refractivity contribution in [2.75, 3.05) is 0 Å². The van der Waals surface area contributed by atoms with Crippen LogP contribution in [0.25, 0.3) is 5.69 Å². The second-order valence-corrected chi connectivity index (χ2v) is 5.58. The van der Waals surface area contributed by atoms with Gasteiger partial charge in [-0.25, -0.2) is 4.98 Å². The van der Waals surface area contributed by atoms with Crippen molar-refractivity contribution < 1.29 is 5.11 Å². The summed E-state index contributed by atoms with van der Waals surface area (Å²) >= 11 is 12.5. The molecule has 0 aliphatic rings. The Morgan fingerprint density at radius 3 is 2.65 bits per heavy atom. The molecule has 0 spiro atoms. The Morgan fingerprint density at radius 1 is 1.30 bits per heavy atom. The van der Waals surface area contributed by atoms with E-state index in [9.17, 15) is 5.11 Å². The van der Waals surface area contributed by atoms with Crippen molar-refractivity contribution in [3.8, 4) is 5.69 Å². The van der Waals surface area contributed by atoms with Crippen LogP contribution in [0.2, 0.25) is 10.2 Å². The standard InChI is InChI=1S/C15H18Cl2N2O/c1-3-4-5-14-18-15(17)13(9-20)19(14)12-7-6-10(2)8-11(12)16/h6-8,20H,3-5,9H2,1-2H3. The number of nitrogens with zero attached hydrogens (tertiary/aromatic N) is 2. The van der Waals surface area contributed by atoms with Gasteiger partial charge >= 0.3 is 0 Å². The number of aromatic nitrogens is 2. The number of hydrogen-bond acceptors (Lipinski definition) is 2. The van der Waals surface area contributed by atoms with Gasteiger partial charge in [0.2, 0.25) is 0 Å². The summed E-state index contributed by atoms with van der Waals surface area (Å²) in [5.74, 6) is 0.839. The predicted molar refractivity (Wildman–Crippen MR) is 82.9 cm³/mol. The van der Waals surface area contributed by atoms with Gasteiger partial charge in [0.25, 0.3) is 0 Å². The number of unbranched alkanes of at least 4 members (excludes halogenated alkanes) is 1. The molecule has 0 aliphatic heterocycles. The Kier molecular flexibility index (Phi) is 5.08. The summed E-state index contributed by atoms with van der Waals surface area (Å²) in [5, 5.41) is 10.5. The van der Waals surface area contributed by atoms with Crippen molar-refractivity contribution in [3.05, 3.63) is 45.5 Å². The van der Waals surface area contributed by atoms with E-state index in [0.29, 0.717) is 15.9 Å². The van der Waals surface area contributed by atoms with Crippen molar-refractivity contribution in [1.29, 1.82) is 0 Å². The minimum Gasteiger partial charge on any atom is -0.390 e. The highest BCUT2D eigenvalue weighted by atomic mass is 35.5. The minimum absolute atomic E-state index is 0.165. The summed E-state index contributed by atoms with van der Waals surface area (Å²) in [7, 11) is 0. The Balaban J connectivity index is 2.57. The number of rotatable bonds is 5. The van der Waals surface area contributed by atoms with E-state index in [-0.39, 0.29) is 6.61 Å². The Labute approximate surface area is 129 Å². The second kappa shape index (κ2) is 6.61. The molecular weight excluding hydrogens is 295 g/mol. The summed E-state index contributed by atoms with van der Waals surface area (Å²) in [5.41, 5.74) is 2.49. The SMILES string of the molecule is CCCCc1nc(Cl)c(CO)n1-c1ccc(C)cc1Cl. The second-order valence-electron chi connectivity index (χ2n) is 4.82. The topological polar surface area (TPSA) is 38.1 Å². The third-order valence-corrected chi connectivity index (χ3v) is 3.85. The van der Waals surface area contributed by atoms with Gasteiger partial charge in [0, 0.05) is 6.42 Å². The molecule has 20 heavy (non-hydrogen) atoms. The van der Waals surface area contributed by atoms with Crippen molar-refractivity contribution >= 4 is 23.2 Å². The Hall–Kier alpha value is -1.03. The number of aliphatic hydroxyl groups is 1. The lowest BCUT2D eigenvalue weighted by Crippen LogP contribution is -2.06. The third kappa shape index (κ3) is 3.00. The van der Waals surface area contributed by atoms with Crippen molar-refractivity contribution in [1.82, 2.24) is 9.55 Å². The lowest BCUT2D eigenvalue weighted by Gasteiger charge is -2.13. The van der Waals surface area contributed by atoms with Crippen molar-refractivity contribution in [2.24, 2.45) is 0 Å². The quantitative estimate of drug-likeness (QED) is 0.892. The predicted octanol–water partition coefficient (Wildman–Crippen LogP) is 4.32. The molecule has 0 fully saturated rings. The average molecular weight is 313 g/mol. The fraction of sp³-hybridized carbons (Fsp3) is 0.400. The smallest absolute Gasteiger partial charge is 0.153 e. The molecule has 0 saturated carbocycles. The summed E-state index contributed by atoms with van der Waals surface area (Å²) in [4.78, 5) is 4.37. The first-order valence-electron chi connectivity index (χ1n) is 6.71. The highest BCUT2D eigenvalue weighted by Gasteiger charge is 2.18. The van der Waals surface area contributed by atoms with Crippen LogP contribution in [-0.2, 0) is 13.0 Å². The monoisotopic (exact) mass is 312 g/mol. The lowest BCUT2D eigenvalue weighted by molar-refractivity contribution is 0.274. The van der Waals surface area contributed by atoms with Gasteiger partial charge in [-0.3, -0.25) is 4.57 Å². The highest BCUT2D eigenvalue weighted by Crippen LogP contribution is 2.28. The van der Waals surface area contributed by atoms with Gasteiger partial charge in [-0.2, -0.15) is 0 Å². The van der Waals surface area contributed by atoms with E-state index in [1.165, 1.54) is 0 Å². The molecule has 5 heteroatoms. The third-order valence-electron chi connectivity index (χ3n) is 3.24. The van der Waals surface area contributed by atoms with Crippen molar-refractivity contribution in [2.45, 2.75) is 39.7 Å². The van der Waals surface area contributed by atoms with Crippen LogP contribution >= 0.6 is 23.2 Å². The zero-order chi connectivity index (χ0) is 14.7. The van der Waals surface area contributed by atoms with Crippen LogP contribution in [0.3, 0.4) is 0 Å². The van der Waals surface area contributed by atoms with E-state index >= 15 is 0 Å². The van der Waals surface area contributed by atoms with Gasteiger partial charge < -0.3 is 5.11 Å². The summed E-state index contributed by atoms with van der Waals surface area (Å²) in [6.07, 6.45) is 2.89. The van der Waals surface area contributed by atoms with Crippen LogP contribution in [0, 0.1) is 6.92 Å². The van der Waals surface area contributed by atoms with Gasteiger partial charge in [-0.15, -0.1) is 0 Å². The lowest BCUT2D eigenvalue weighted by atomic mass is 10.2. The van der Waals surface area contributed by atoms with Gasteiger partial charge in [-0.05, 0) is 31.0 Å². The van der Waals surface area contributed by atoms with Crippen molar-refractivity contribution in [3.63, 3.8) is 0 Å². The molecule has 2 rings (SSSR count). The van der Waals surface area contributed by atoms with Crippen LogP contribution in [0.15, 0.2) is 18.2 Å². The van der Waals surface area contributed by atoms with E-state index in [1.54, 1.807) is 0 Å². The number of hydrogen-bond donors (Lipinski definition) is 1. The molecule has 1 aromatic heterocycles. The van der Waals surface area contributed by atoms with E-state index in [4.69, 9.17) is 23.2 Å². The van der Waals surface area contributed by atoms with Crippen LogP contribution in [0.4, 0.5) is 0 Å². The number of benzene rings is 1. The van der Waals surface area contributed by atoms with E-state index in [1.807, 2.05) is 29.7 Å². The number of imidazole rings is 1. The average Bonchev–Trinajstić information content (AvgIpc) is 2.72. The first-order valence-corrected chi connectivity index (χ1v) is 7.47. The van der Waals surface area contributed by atoms with Gasteiger partial charge in [0.05, 0.1) is 23.0 Å². The molecule has 1 aromatic carbocycles. The maximum atomic E-state index is 9.56. The largest absolute Gasteiger partial charge is 0.390 e. The first-order chi connectivity index (χ1) is 9.58. The number of aliphatic hydroxyl groups excluding tert-OH is 1. The Bertz CT molecular complexity index is 608. The molecule has 108 valence electrons. The molecular formula is C15H18Cl2N2O. The van der Waals surface area contributed by atoms with Gasteiger partial charge in [0.1, 0.15) is 5.82 Å². The van der Waals surface area contributed by atoms with Gasteiger partial charge in [-0.1, -0.05) is 42.6 Å². The molecule has 2 aromatic rings. The molecule has 0 bridgehead atoms. The van der Waals surface area contributed by atoms with Crippen LogP contribution < -0.4 is 0 Å². The molecule has 0 amide bonds. The maximum absolute atomic E-state index is 9.56. The van der Waals surface area contributed by atoms with Crippen LogP contribution in [0.1, 0.15) is 36.8 Å². The summed E-state index contributed by atoms with van der Waals surface area (Å²) < 4.78 is 1.87. The molecule has 1 N–H and O–H groups in total. The molecule has 0 atom stereocenters. The normalized spacial score (nSPS) is 11.1. The fourth-order valence-corrected chi connectivity index (χ4v) is 2.75. The summed E-state index contributed by atoms with van der Waals surface area (Å²) in [6.45, 7) is 3.95. The summed E-state index contributed by atoms with van der Waals surface area (Å²) in [6, 6.07) is 5.82. The zero-order valence-electron chi connectivity index (χ0n) is 11.7. The first kappa shape index (κ1) is 15.4. The van der Waals surface area contributed by atoms with Crippen LogP contribution in [0.5, 0.6) is 0 Å². The molecule has 1 heterocycles. The molecule has 3 nitrogen and oxygen atoms in total. The van der Waals surface area contributed by atoms with E-state index in [2.05, 4.69) is 11.9 Å². The van der Waals surface area contributed by atoms with Crippen LogP contribution in [-0.4, -0.2) is 14.7 Å². The fourth-order valence-electron chi connectivity index (χ4n) is 2.19. The van der Waals surface area contributed by atoms with E-state index < -0.39 is 0 Å². The molecule has 0 unspecified atom stereocenters. The number of aryl methyl sites for hydroxylation is 2. The number of halogens is 2. The maximum Gasteiger partial charge on any atom is 0.153 e. The molecule has 0 saturated heterocycles. The molecule has 0 aliphatic carbocycles.